The van der Waals surface area contributed by atoms with Crippen LogP contribution in [0.1, 0.15) is 32.5 Å². The van der Waals surface area contributed by atoms with Crippen molar-refractivity contribution in [3.63, 3.8) is 0 Å². The highest BCUT2D eigenvalue weighted by Crippen LogP contribution is 2.25. The summed E-state index contributed by atoms with van der Waals surface area (Å²) in [5.41, 5.74) is 1.20. The zero-order valence-electron chi connectivity index (χ0n) is 12.2. The fourth-order valence-electron chi connectivity index (χ4n) is 2.80. The number of likely N-dealkylation sites (tertiary alicyclic amines) is 1. The van der Waals surface area contributed by atoms with E-state index in [4.69, 9.17) is 4.74 Å². The number of carbonyl (C=O) groups excluding carboxylic acids is 1. The minimum Gasteiger partial charge on any atom is -0.469 e. The Morgan fingerprint density at radius 1 is 1.53 bits per heavy atom. The molecule has 2 heterocycles. The fraction of sp³-hybridized carbons (Fsp3) is 0.714. The largest absolute Gasteiger partial charge is 0.469 e. The van der Waals surface area contributed by atoms with Crippen molar-refractivity contribution in [1.82, 2.24) is 14.5 Å². The Kier molecular flexibility index (Phi) is 4.24. The van der Waals surface area contributed by atoms with E-state index in [2.05, 4.69) is 35.2 Å². The second kappa shape index (κ2) is 5.74. The molecule has 5 heteroatoms. The molecular weight excluding hydrogens is 242 g/mol. The van der Waals surface area contributed by atoms with E-state index in [0.717, 1.165) is 19.6 Å². The van der Waals surface area contributed by atoms with Gasteiger partial charge in [0.1, 0.15) is 0 Å². The van der Waals surface area contributed by atoms with E-state index in [9.17, 15) is 4.79 Å². The van der Waals surface area contributed by atoms with Gasteiger partial charge in [-0.1, -0.05) is 6.92 Å². The molecule has 1 saturated heterocycles. The quantitative estimate of drug-likeness (QED) is 0.778. The van der Waals surface area contributed by atoms with Gasteiger partial charge in [-0.25, -0.2) is 4.98 Å². The molecule has 0 amide bonds. The third kappa shape index (κ3) is 2.97. The first kappa shape index (κ1) is 14.1. The molecule has 2 atom stereocenters. The van der Waals surface area contributed by atoms with E-state index in [1.165, 1.54) is 12.8 Å². The lowest BCUT2D eigenvalue weighted by atomic mass is 9.99. The lowest BCUT2D eigenvalue weighted by Gasteiger charge is -2.18. The highest BCUT2D eigenvalue weighted by atomic mass is 16.5. The number of ether oxygens (including phenoxy) is 1. The molecule has 0 saturated carbocycles. The number of rotatable bonds is 4. The van der Waals surface area contributed by atoms with Crippen molar-refractivity contribution in [2.45, 2.75) is 33.4 Å². The summed E-state index contributed by atoms with van der Waals surface area (Å²) in [6.07, 6.45) is 3.79. The minimum absolute atomic E-state index is 0.000390. The molecule has 0 radical (unpaired) electrons. The van der Waals surface area contributed by atoms with Crippen LogP contribution in [0.25, 0.3) is 0 Å². The molecule has 19 heavy (non-hydrogen) atoms. The van der Waals surface area contributed by atoms with Gasteiger partial charge < -0.3 is 9.30 Å². The molecule has 1 aliphatic rings. The van der Waals surface area contributed by atoms with Crippen LogP contribution in [0.2, 0.25) is 0 Å². The summed E-state index contributed by atoms with van der Waals surface area (Å²) in [6, 6.07) is 0.411. The van der Waals surface area contributed by atoms with Crippen LogP contribution >= 0.6 is 0 Å². The third-order valence-electron chi connectivity index (χ3n) is 3.88. The van der Waals surface area contributed by atoms with E-state index in [1.54, 1.807) is 0 Å². The molecule has 0 aromatic carbocycles. The zero-order valence-corrected chi connectivity index (χ0v) is 12.2. The number of hydrogen-bond acceptors (Lipinski definition) is 4. The van der Waals surface area contributed by atoms with Gasteiger partial charge in [0.25, 0.3) is 0 Å². The summed E-state index contributed by atoms with van der Waals surface area (Å²) in [6.45, 7) is 8.96. The van der Waals surface area contributed by atoms with Crippen molar-refractivity contribution in [3.05, 3.63) is 18.2 Å². The molecule has 106 valence electrons. The standard InChI is InChI=1S/C14H23N3O2/c1-10(2)17-9-15-5-12(17)7-16-6-11(3)13(8-16)14(18)19-4/h5,9-11,13H,6-8H2,1-4H3. The van der Waals surface area contributed by atoms with Crippen molar-refractivity contribution < 1.29 is 9.53 Å². The summed E-state index contributed by atoms with van der Waals surface area (Å²) in [4.78, 5) is 18.2. The van der Waals surface area contributed by atoms with Crippen molar-refractivity contribution in [2.24, 2.45) is 11.8 Å². The van der Waals surface area contributed by atoms with E-state index in [0.29, 0.717) is 12.0 Å². The summed E-state index contributed by atoms with van der Waals surface area (Å²) in [7, 11) is 1.46. The Bertz CT molecular complexity index is 442. The van der Waals surface area contributed by atoms with Crippen LogP contribution in [-0.2, 0) is 16.1 Å². The molecule has 2 unspecified atom stereocenters. The lowest BCUT2D eigenvalue weighted by Crippen LogP contribution is -2.25. The minimum atomic E-state index is -0.0904. The Balaban J connectivity index is 2.01. The maximum Gasteiger partial charge on any atom is 0.310 e. The maximum absolute atomic E-state index is 11.7. The predicted octanol–water partition coefficient (Wildman–Crippen LogP) is 1.70. The van der Waals surface area contributed by atoms with Crippen LogP contribution in [0, 0.1) is 11.8 Å². The molecule has 5 nitrogen and oxygen atoms in total. The smallest absolute Gasteiger partial charge is 0.310 e. The first-order valence-electron chi connectivity index (χ1n) is 6.83. The van der Waals surface area contributed by atoms with Crippen LogP contribution in [0.5, 0.6) is 0 Å². The molecule has 1 aromatic rings. The highest BCUT2D eigenvalue weighted by molar-refractivity contribution is 5.73. The number of carbonyl (C=O) groups is 1. The monoisotopic (exact) mass is 265 g/mol. The van der Waals surface area contributed by atoms with Crippen molar-refractivity contribution in [1.29, 1.82) is 0 Å². The summed E-state index contributed by atoms with van der Waals surface area (Å²) in [5, 5.41) is 0. The predicted molar refractivity (Wildman–Crippen MR) is 72.6 cm³/mol. The van der Waals surface area contributed by atoms with Crippen LogP contribution in [0.3, 0.4) is 0 Å². The second-order valence-electron chi connectivity index (χ2n) is 5.69. The van der Waals surface area contributed by atoms with Gasteiger partial charge in [0.05, 0.1) is 25.0 Å². The molecule has 2 rings (SSSR count). The second-order valence-corrected chi connectivity index (χ2v) is 5.69. The Morgan fingerprint density at radius 3 is 2.89 bits per heavy atom. The Labute approximate surface area is 114 Å². The first-order chi connectivity index (χ1) is 9.02. The zero-order chi connectivity index (χ0) is 14.0. The van der Waals surface area contributed by atoms with E-state index < -0.39 is 0 Å². The average molecular weight is 265 g/mol. The highest BCUT2D eigenvalue weighted by Gasteiger charge is 2.35. The number of hydrogen-bond donors (Lipinski definition) is 0. The molecule has 1 fully saturated rings. The van der Waals surface area contributed by atoms with Gasteiger partial charge >= 0.3 is 5.97 Å². The topological polar surface area (TPSA) is 47.4 Å². The lowest BCUT2D eigenvalue weighted by molar-refractivity contribution is -0.146. The van der Waals surface area contributed by atoms with Crippen LogP contribution < -0.4 is 0 Å². The van der Waals surface area contributed by atoms with Gasteiger partial charge in [0, 0.05) is 31.9 Å². The van der Waals surface area contributed by atoms with Gasteiger partial charge in [-0.15, -0.1) is 0 Å². The van der Waals surface area contributed by atoms with E-state index in [1.807, 2.05) is 12.5 Å². The summed E-state index contributed by atoms with van der Waals surface area (Å²) < 4.78 is 7.04. The third-order valence-corrected chi connectivity index (χ3v) is 3.88. The number of methoxy groups -OCH3 is 1. The van der Waals surface area contributed by atoms with E-state index in [-0.39, 0.29) is 11.9 Å². The van der Waals surface area contributed by atoms with Crippen molar-refractivity contribution in [3.8, 4) is 0 Å². The van der Waals surface area contributed by atoms with Gasteiger partial charge in [0.15, 0.2) is 0 Å². The van der Waals surface area contributed by atoms with Crippen LogP contribution in [0.15, 0.2) is 12.5 Å². The molecule has 1 aromatic heterocycles. The molecule has 1 aliphatic heterocycles. The molecular formula is C14H23N3O2. The van der Waals surface area contributed by atoms with Crippen molar-refractivity contribution >= 4 is 5.97 Å². The van der Waals surface area contributed by atoms with Gasteiger partial charge in [0.2, 0.25) is 0 Å². The van der Waals surface area contributed by atoms with Crippen LogP contribution in [-0.4, -0.2) is 40.6 Å². The van der Waals surface area contributed by atoms with Crippen LogP contribution in [0.4, 0.5) is 0 Å². The average Bonchev–Trinajstić information content (AvgIpc) is 2.95. The summed E-state index contributed by atoms with van der Waals surface area (Å²) >= 11 is 0. The normalized spacial score (nSPS) is 24.1. The van der Waals surface area contributed by atoms with Gasteiger partial charge in [-0.3, -0.25) is 9.69 Å². The number of esters is 1. The summed E-state index contributed by atoms with van der Waals surface area (Å²) in [5.74, 6) is 0.260. The van der Waals surface area contributed by atoms with Crippen molar-refractivity contribution in [2.75, 3.05) is 20.2 Å². The van der Waals surface area contributed by atoms with E-state index >= 15 is 0 Å². The number of imidazole rings is 1. The molecule has 0 bridgehead atoms. The fourth-order valence-corrected chi connectivity index (χ4v) is 2.80. The van der Waals surface area contributed by atoms with Gasteiger partial charge in [-0.2, -0.15) is 0 Å². The molecule has 0 N–H and O–H groups in total. The SMILES string of the molecule is COC(=O)C1CN(Cc2cncn2C(C)C)CC1C. The maximum atomic E-state index is 11.7. The molecule has 0 spiro atoms. The number of aromatic nitrogens is 2. The number of nitrogens with zero attached hydrogens (tertiary/aromatic N) is 3. The molecule has 0 aliphatic carbocycles. The van der Waals surface area contributed by atoms with Gasteiger partial charge in [-0.05, 0) is 19.8 Å². The first-order valence-corrected chi connectivity index (χ1v) is 6.83. The Morgan fingerprint density at radius 2 is 2.26 bits per heavy atom. The Hall–Kier alpha value is -1.36.